The summed E-state index contributed by atoms with van der Waals surface area (Å²) >= 11 is 0. The molecule has 1 amide bonds. The number of halogens is 1. The maximum atomic E-state index is 11.5. The van der Waals surface area contributed by atoms with Gasteiger partial charge in [-0.2, -0.15) is 0 Å². The first-order chi connectivity index (χ1) is 10.8. The third-order valence-corrected chi connectivity index (χ3v) is 3.01. The number of ether oxygens (including phenoxy) is 1. The lowest BCUT2D eigenvalue weighted by Gasteiger charge is -2.20. The average molecular weight is 457 g/mol. The smallest absolute Gasteiger partial charge is 0.407 e. The van der Waals surface area contributed by atoms with Gasteiger partial charge in [-0.1, -0.05) is 13.8 Å². The molecule has 0 unspecified atom stereocenters. The highest BCUT2D eigenvalue weighted by Gasteiger charge is 2.15. The van der Waals surface area contributed by atoms with Gasteiger partial charge in [-0.3, -0.25) is 4.99 Å². The predicted molar refractivity (Wildman–Crippen MR) is 111 cm³/mol. The number of carbonyl (C=O) groups excluding carboxylic acids is 1. The summed E-state index contributed by atoms with van der Waals surface area (Å²) in [5.74, 6) is 0.769. The molecule has 144 valence electrons. The quantitative estimate of drug-likeness (QED) is 0.214. The van der Waals surface area contributed by atoms with Crippen LogP contribution in [-0.2, 0) is 4.74 Å². The number of likely N-dealkylation sites (N-methyl/N-ethyl adjacent to an activating group) is 1. The highest BCUT2D eigenvalue weighted by molar-refractivity contribution is 14.0. The van der Waals surface area contributed by atoms with Gasteiger partial charge >= 0.3 is 6.09 Å². The minimum absolute atomic E-state index is 0. The number of nitrogens with zero attached hydrogens (tertiary/aromatic N) is 2. The number of hydrogen-bond donors (Lipinski definition) is 3. The Kier molecular flexibility index (Phi) is 15.5. The minimum Gasteiger partial charge on any atom is -0.444 e. The minimum atomic E-state index is -0.474. The second kappa shape index (κ2) is 14.6. The van der Waals surface area contributed by atoms with E-state index in [-0.39, 0.29) is 24.0 Å². The van der Waals surface area contributed by atoms with E-state index in [9.17, 15) is 4.79 Å². The Morgan fingerprint density at radius 1 is 1.04 bits per heavy atom. The van der Waals surface area contributed by atoms with Crippen molar-refractivity contribution >= 4 is 36.0 Å². The number of amides is 1. The molecule has 7 nitrogen and oxygen atoms in total. The van der Waals surface area contributed by atoms with E-state index in [0.29, 0.717) is 13.1 Å². The first-order valence-electron chi connectivity index (χ1n) is 8.53. The van der Waals surface area contributed by atoms with Crippen LogP contribution in [0.15, 0.2) is 4.99 Å². The number of alkyl carbamates (subject to hydrolysis) is 1. The molecule has 3 N–H and O–H groups in total. The molecule has 0 aromatic heterocycles. The Morgan fingerprint density at radius 2 is 1.62 bits per heavy atom. The lowest BCUT2D eigenvalue weighted by molar-refractivity contribution is 0.0529. The van der Waals surface area contributed by atoms with Gasteiger partial charge in [0.15, 0.2) is 5.96 Å². The number of guanidine groups is 1. The van der Waals surface area contributed by atoms with Crippen LogP contribution >= 0.6 is 24.0 Å². The topological polar surface area (TPSA) is 78.0 Å². The van der Waals surface area contributed by atoms with E-state index in [4.69, 9.17) is 4.74 Å². The van der Waals surface area contributed by atoms with E-state index in [1.165, 1.54) is 0 Å². The maximum Gasteiger partial charge on any atom is 0.407 e. The van der Waals surface area contributed by atoms with Crippen LogP contribution in [-0.4, -0.2) is 68.4 Å². The Balaban J connectivity index is 0. The first kappa shape index (κ1) is 25.5. The van der Waals surface area contributed by atoms with Crippen molar-refractivity contribution in [2.45, 2.75) is 47.1 Å². The summed E-state index contributed by atoms with van der Waals surface area (Å²) in [6.07, 6.45) is -0.400. The highest BCUT2D eigenvalue weighted by Crippen LogP contribution is 2.05. The summed E-state index contributed by atoms with van der Waals surface area (Å²) < 4.78 is 5.18. The van der Waals surface area contributed by atoms with E-state index >= 15 is 0 Å². The van der Waals surface area contributed by atoms with E-state index in [1.54, 1.807) is 0 Å². The zero-order valence-electron chi connectivity index (χ0n) is 16.1. The number of rotatable bonds is 9. The van der Waals surface area contributed by atoms with E-state index in [2.05, 4.69) is 39.7 Å². The number of hydrogen-bond acceptors (Lipinski definition) is 4. The highest BCUT2D eigenvalue weighted by atomic mass is 127. The van der Waals surface area contributed by atoms with Crippen molar-refractivity contribution in [2.75, 3.05) is 45.8 Å². The lowest BCUT2D eigenvalue weighted by Crippen LogP contribution is -2.42. The second-order valence-corrected chi connectivity index (χ2v) is 6.14. The molecule has 0 saturated carbocycles. The van der Waals surface area contributed by atoms with E-state index < -0.39 is 11.7 Å². The monoisotopic (exact) mass is 457 g/mol. The van der Waals surface area contributed by atoms with Crippen LogP contribution in [0.25, 0.3) is 0 Å². The molecular weight excluding hydrogens is 421 g/mol. The SMILES string of the molecule is CCNC(=NCCN(CC)CC)NCCNC(=O)OC(C)(C)C.I. The van der Waals surface area contributed by atoms with Crippen LogP contribution in [0.1, 0.15) is 41.5 Å². The van der Waals surface area contributed by atoms with Crippen LogP contribution in [0, 0.1) is 0 Å². The molecular formula is C16H36IN5O2. The summed E-state index contributed by atoms with van der Waals surface area (Å²) in [7, 11) is 0. The van der Waals surface area contributed by atoms with Crippen LogP contribution < -0.4 is 16.0 Å². The number of aliphatic imine (C=N–C) groups is 1. The molecule has 0 bridgehead atoms. The van der Waals surface area contributed by atoms with Crippen molar-refractivity contribution in [3.05, 3.63) is 0 Å². The number of carbonyl (C=O) groups is 1. The largest absolute Gasteiger partial charge is 0.444 e. The van der Waals surface area contributed by atoms with Crippen molar-refractivity contribution in [3.8, 4) is 0 Å². The van der Waals surface area contributed by atoms with E-state index in [1.807, 2.05) is 27.7 Å². The Bertz CT molecular complexity index is 355. The van der Waals surface area contributed by atoms with Crippen LogP contribution in [0.3, 0.4) is 0 Å². The van der Waals surface area contributed by atoms with Gasteiger partial charge in [0, 0.05) is 26.2 Å². The first-order valence-corrected chi connectivity index (χ1v) is 8.53. The summed E-state index contributed by atoms with van der Waals surface area (Å²) in [6, 6.07) is 0. The van der Waals surface area contributed by atoms with Crippen molar-refractivity contribution in [1.29, 1.82) is 0 Å². The van der Waals surface area contributed by atoms with Crippen LogP contribution in [0.5, 0.6) is 0 Å². The molecule has 0 aliphatic rings. The molecule has 0 rings (SSSR count). The molecule has 0 spiro atoms. The third-order valence-electron chi connectivity index (χ3n) is 3.01. The maximum absolute atomic E-state index is 11.5. The van der Waals surface area contributed by atoms with Crippen LogP contribution in [0.4, 0.5) is 4.79 Å². The van der Waals surface area contributed by atoms with E-state index in [0.717, 1.165) is 38.7 Å². The van der Waals surface area contributed by atoms with Gasteiger partial charge in [0.2, 0.25) is 0 Å². The van der Waals surface area contributed by atoms with Crippen molar-refractivity contribution in [2.24, 2.45) is 4.99 Å². The Hall–Kier alpha value is -0.770. The molecule has 0 radical (unpaired) electrons. The van der Waals surface area contributed by atoms with Crippen molar-refractivity contribution in [1.82, 2.24) is 20.9 Å². The van der Waals surface area contributed by atoms with Gasteiger partial charge < -0.3 is 25.6 Å². The average Bonchev–Trinajstić information content (AvgIpc) is 2.46. The zero-order chi connectivity index (χ0) is 17.7. The summed E-state index contributed by atoms with van der Waals surface area (Å²) in [5, 5.41) is 9.11. The number of nitrogens with one attached hydrogen (secondary N) is 3. The van der Waals surface area contributed by atoms with Gasteiger partial charge in [0.25, 0.3) is 0 Å². The fraction of sp³-hybridized carbons (Fsp3) is 0.875. The predicted octanol–water partition coefficient (Wildman–Crippen LogP) is 2.03. The molecule has 0 aliphatic carbocycles. The van der Waals surface area contributed by atoms with Gasteiger partial charge in [-0.05, 0) is 40.8 Å². The molecule has 0 fully saturated rings. The molecule has 0 heterocycles. The molecule has 0 saturated heterocycles. The van der Waals surface area contributed by atoms with Gasteiger partial charge in [-0.15, -0.1) is 24.0 Å². The zero-order valence-corrected chi connectivity index (χ0v) is 18.4. The van der Waals surface area contributed by atoms with Crippen LogP contribution in [0.2, 0.25) is 0 Å². The molecule has 24 heavy (non-hydrogen) atoms. The lowest BCUT2D eigenvalue weighted by atomic mass is 10.2. The summed E-state index contributed by atoms with van der Waals surface area (Å²) in [4.78, 5) is 18.4. The van der Waals surface area contributed by atoms with Gasteiger partial charge in [0.1, 0.15) is 5.60 Å². The van der Waals surface area contributed by atoms with Gasteiger partial charge in [0.05, 0.1) is 6.54 Å². The van der Waals surface area contributed by atoms with Gasteiger partial charge in [-0.25, -0.2) is 4.79 Å². The van der Waals surface area contributed by atoms with Crippen molar-refractivity contribution in [3.63, 3.8) is 0 Å². The Morgan fingerprint density at radius 3 is 2.12 bits per heavy atom. The standard InChI is InChI=1S/C16H35N5O2.HI/c1-7-17-14(19-12-13-21(8-2)9-3)18-10-11-20-15(22)23-16(4,5)6;/h7-13H2,1-6H3,(H,20,22)(H2,17,18,19);1H. The fourth-order valence-corrected chi connectivity index (χ4v) is 1.84. The normalized spacial score (nSPS) is 11.7. The summed E-state index contributed by atoms with van der Waals surface area (Å²) in [6.45, 7) is 17.5. The molecule has 0 atom stereocenters. The third kappa shape index (κ3) is 14.8. The van der Waals surface area contributed by atoms with Crippen molar-refractivity contribution < 1.29 is 9.53 Å². The molecule has 0 aromatic carbocycles. The molecule has 0 aromatic rings. The molecule has 8 heteroatoms. The molecule has 0 aliphatic heterocycles. The fourth-order valence-electron chi connectivity index (χ4n) is 1.84. The second-order valence-electron chi connectivity index (χ2n) is 6.14. The summed E-state index contributed by atoms with van der Waals surface area (Å²) in [5.41, 5.74) is -0.474. The Labute approximate surface area is 164 Å².